The Balaban J connectivity index is 0. The van der Waals surface area contributed by atoms with Crippen LogP contribution >= 0.6 is 0 Å². The molecule has 0 rings (SSSR count). The van der Waals surface area contributed by atoms with Gasteiger partial charge in [-0.2, -0.15) is 0 Å². The zero-order valence-electron chi connectivity index (χ0n) is 28.7. The zero-order valence-corrected chi connectivity index (χ0v) is 28.7. The third kappa shape index (κ3) is 38.7. The first kappa shape index (κ1) is 42.8. The van der Waals surface area contributed by atoms with Gasteiger partial charge in [-0.15, -0.1) is 0 Å². The summed E-state index contributed by atoms with van der Waals surface area (Å²) in [5.74, 6) is -1.33. The fourth-order valence-corrected chi connectivity index (χ4v) is 5.43. The second kappa shape index (κ2) is 37.7. The molecule has 42 heavy (non-hydrogen) atoms. The van der Waals surface area contributed by atoms with Gasteiger partial charge in [0, 0.05) is 6.42 Å². The molecule has 0 fully saturated rings. The summed E-state index contributed by atoms with van der Waals surface area (Å²) in [5.41, 5.74) is 0. The van der Waals surface area contributed by atoms with Gasteiger partial charge < -0.3 is 10.2 Å². The Bertz CT molecular complexity index is 571. The van der Waals surface area contributed by atoms with Gasteiger partial charge in [-0.05, 0) is 44.9 Å². The second-order valence-corrected chi connectivity index (χ2v) is 12.6. The van der Waals surface area contributed by atoms with E-state index >= 15 is 0 Å². The molecular weight excluding hydrogens is 520 g/mol. The zero-order chi connectivity index (χ0) is 31.4. The van der Waals surface area contributed by atoms with Gasteiger partial charge in [0.05, 0.1) is 5.92 Å². The average Bonchev–Trinajstić information content (AvgIpc) is 2.97. The van der Waals surface area contributed by atoms with Gasteiger partial charge in [0.15, 0.2) is 0 Å². The van der Waals surface area contributed by atoms with E-state index in [0.717, 1.165) is 38.5 Å². The van der Waals surface area contributed by atoms with Crippen LogP contribution in [0.2, 0.25) is 0 Å². The Morgan fingerprint density at radius 1 is 0.452 bits per heavy atom. The second-order valence-electron chi connectivity index (χ2n) is 12.6. The minimum atomic E-state index is -0.664. The summed E-state index contributed by atoms with van der Waals surface area (Å²) in [6.07, 6.45) is 40.8. The number of hydrogen-bond donors (Lipinski definition) is 2. The predicted octanol–water partition coefficient (Wildman–Crippen LogP) is 13.1. The number of carboxylic acid groups (broad SMARTS) is 2. The van der Waals surface area contributed by atoms with Gasteiger partial charge in [-0.1, -0.05) is 174 Å². The van der Waals surface area contributed by atoms with Crippen molar-refractivity contribution in [1.82, 2.24) is 0 Å². The Kier molecular flexibility index (Phi) is 38.4. The first-order chi connectivity index (χ1) is 20.5. The minimum absolute atomic E-state index is 0.0914. The van der Waals surface area contributed by atoms with Gasteiger partial charge >= 0.3 is 11.9 Å². The molecule has 4 heteroatoms. The van der Waals surface area contributed by atoms with Gasteiger partial charge in [-0.25, -0.2) is 0 Å². The molecule has 2 N–H and O–H groups in total. The normalized spacial score (nSPS) is 11.9. The Hall–Kier alpha value is -1.32. The van der Waals surface area contributed by atoms with Crippen molar-refractivity contribution in [2.24, 2.45) is 5.92 Å². The van der Waals surface area contributed by atoms with E-state index in [-0.39, 0.29) is 5.92 Å². The lowest BCUT2D eigenvalue weighted by Crippen LogP contribution is -2.13. The topological polar surface area (TPSA) is 74.6 Å². The molecule has 1 atom stereocenters. The van der Waals surface area contributed by atoms with Crippen molar-refractivity contribution < 1.29 is 19.8 Å². The summed E-state index contributed by atoms with van der Waals surface area (Å²) in [7, 11) is 0. The molecule has 0 aliphatic carbocycles. The van der Waals surface area contributed by atoms with Crippen molar-refractivity contribution in [3.05, 3.63) is 12.2 Å². The SMILES string of the molecule is CCCCCCCC/C=C\CCCCCCCC(=O)O.CCCCCCCCCCC(CCCCCCCC)C(=O)O. The summed E-state index contributed by atoms with van der Waals surface area (Å²) >= 11 is 0. The average molecular weight is 595 g/mol. The van der Waals surface area contributed by atoms with Crippen molar-refractivity contribution in [1.29, 1.82) is 0 Å². The van der Waals surface area contributed by atoms with Crippen LogP contribution in [-0.2, 0) is 9.59 Å². The van der Waals surface area contributed by atoms with Crippen LogP contribution in [0.15, 0.2) is 12.2 Å². The summed E-state index contributed by atoms with van der Waals surface area (Å²) in [5, 5.41) is 17.8. The van der Waals surface area contributed by atoms with Crippen molar-refractivity contribution in [2.45, 2.75) is 213 Å². The Morgan fingerprint density at radius 3 is 1.10 bits per heavy atom. The number of hydrogen-bond acceptors (Lipinski definition) is 2. The quantitative estimate of drug-likeness (QED) is 0.0600. The predicted molar refractivity (Wildman–Crippen MR) is 183 cm³/mol. The maximum atomic E-state index is 11.3. The molecule has 0 aromatic rings. The van der Waals surface area contributed by atoms with Crippen molar-refractivity contribution in [3.63, 3.8) is 0 Å². The lowest BCUT2D eigenvalue weighted by molar-refractivity contribution is -0.142. The number of allylic oxidation sites excluding steroid dienone is 2. The molecular formula is C38H74O4. The van der Waals surface area contributed by atoms with Gasteiger partial charge in [0.1, 0.15) is 0 Å². The lowest BCUT2D eigenvalue weighted by Gasteiger charge is -2.12. The molecule has 0 aromatic carbocycles. The molecule has 0 aromatic heterocycles. The molecule has 0 heterocycles. The number of carboxylic acids is 2. The fraction of sp³-hybridized carbons (Fsp3) is 0.895. The van der Waals surface area contributed by atoms with Gasteiger partial charge in [-0.3, -0.25) is 9.59 Å². The first-order valence-electron chi connectivity index (χ1n) is 18.6. The summed E-state index contributed by atoms with van der Waals surface area (Å²) in [6.45, 7) is 6.73. The standard InChI is InChI=1S/C20H40O2.C18H34O2/c1-3-5-7-9-11-12-14-16-18-19(20(21)22)17-15-13-10-8-6-4-2;1-2-3-4-5-6-7-8-9-10-11-12-13-14-15-16-17-18(19)20/h19H,3-18H2,1-2H3,(H,21,22);9-10H,2-8,11-17H2,1H3,(H,19,20)/b;10-9-. The highest BCUT2D eigenvalue weighted by Crippen LogP contribution is 2.20. The molecule has 0 saturated heterocycles. The highest BCUT2D eigenvalue weighted by atomic mass is 16.4. The van der Waals surface area contributed by atoms with Crippen LogP contribution in [0.25, 0.3) is 0 Å². The Labute approximate surface area is 262 Å². The van der Waals surface area contributed by atoms with Gasteiger partial charge in [0.2, 0.25) is 0 Å². The highest BCUT2D eigenvalue weighted by Gasteiger charge is 2.16. The molecule has 0 radical (unpaired) electrons. The van der Waals surface area contributed by atoms with Crippen LogP contribution in [0.1, 0.15) is 213 Å². The van der Waals surface area contributed by atoms with E-state index in [0.29, 0.717) is 6.42 Å². The molecule has 0 aliphatic heterocycles. The third-order valence-corrected chi connectivity index (χ3v) is 8.31. The van der Waals surface area contributed by atoms with Crippen LogP contribution in [0.4, 0.5) is 0 Å². The maximum absolute atomic E-state index is 11.3. The molecule has 250 valence electrons. The third-order valence-electron chi connectivity index (χ3n) is 8.31. The molecule has 4 nitrogen and oxygen atoms in total. The van der Waals surface area contributed by atoms with Crippen molar-refractivity contribution in [2.75, 3.05) is 0 Å². The highest BCUT2D eigenvalue weighted by molar-refractivity contribution is 5.69. The van der Waals surface area contributed by atoms with E-state index in [1.165, 1.54) is 148 Å². The van der Waals surface area contributed by atoms with E-state index < -0.39 is 11.9 Å². The molecule has 1 unspecified atom stereocenters. The van der Waals surface area contributed by atoms with Crippen molar-refractivity contribution >= 4 is 11.9 Å². The lowest BCUT2D eigenvalue weighted by atomic mass is 9.94. The van der Waals surface area contributed by atoms with Crippen LogP contribution < -0.4 is 0 Å². The maximum Gasteiger partial charge on any atom is 0.306 e. The van der Waals surface area contributed by atoms with Crippen LogP contribution in [0.3, 0.4) is 0 Å². The monoisotopic (exact) mass is 595 g/mol. The molecule has 0 spiro atoms. The van der Waals surface area contributed by atoms with E-state index in [1.807, 2.05) is 0 Å². The molecule has 0 saturated carbocycles. The van der Waals surface area contributed by atoms with E-state index in [1.54, 1.807) is 0 Å². The van der Waals surface area contributed by atoms with E-state index in [2.05, 4.69) is 32.9 Å². The summed E-state index contributed by atoms with van der Waals surface area (Å²) in [6, 6.07) is 0. The largest absolute Gasteiger partial charge is 0.481 e. The van der Waals surface area contributed by atoms with Crippen LogP contribution in [0, 0.1) is 5.92 Å². The van der Waals surface area contributed by atoms with Crippen molar-refractivity contribution in [3.8, 4) is 0 Å². The van der Waals surface area contributed by atoms with Crippen LogP contribution in [0.5, 0.6) is 0 Å². The molecule has 0 aliphatic rings. The number of carbonyl (C=O) groups is 2. The van der Waals surface area contributed by atoms with E-state index in [9.17, 15) is 14.7 Å². The minimum Gasteiger partial charge on any atom is -0.481 e. The smallest absolute Gasteiger partial charge is 0.306 e. The number of rotatable bonds is 32. The first-order valence-corrected chi connectivity index (χ1v) is 18.6. The fourth-order valence-electron chi connectivity index (χ4n) is 5.43. The summed E-state index contributed by atoms with van der Waals surface area (Å²) < 4.78 is 0. The summed E-state index contributed by atoms with van der Waals surface area (Å²) in [4.78, 5) is 21.6. The van der Waals surface area contributed by atoms with Crippen LogP contribution in [-0.4, -0.2) is 22.2 Å². The Morgan fingerprint density at radius 2 is 0.762 bits per heavy atom. The number of unbranched alkanes of at least 4 members (excludes halogenated alkanes) is 23. The molecule has 0 bridgehead atoms. The molecule has 0 amide bonds. The van der Waals surface area contributed by atoms with E-state index in [4.69, 9.17) is 5.11 Å². The number of aliphatic carboxylic acids is 2. The van der Waals surface area contributed by atoms with Gasteiger partial charge in [0.25, 0.3) is 0 Å².